The van der Waals surface area contributed by atoms with Gasteiger partial charge < -0.3 is 38.2 Å². The van der Waals surface area contributed by atoms with Crippen LogP contribution < -0.4 is 0 Å². The molecule has 7 atom stereocenters. The molecule has 2 saturated carbocycles. The van der Waals surface area contributed by atoms with Crippen LogP contribution in [0.1, 0.15) is 70.6 Å². The molecule has 4 aliphatic rings. The molecule has 4 rings (SSSR count). The van der Waals surface area contributed by atoms with Crippen LogP contribution in [0.3, 0.4) is 0 Å². The molecule has 0 amide bonds. The van der Waals surface area contributed by atoms with E-state index in [-0.39, 0.29) is 54.3 Å². The Morgan fingerprint density at radius 2 is 1.46 bits per heavy atom. The van der Waals surface area contributed by atoms with Crippen molar-refractivity contribution in [2.75, 3.05) is 73.8 Å². The molecule has 4 bridgehead atoms. The van der Waals surface area contributed by atoms with Gasteiger partial charge in [0.15, 0.2) is 0 Å². The lowest BCUT2D eigenvalue weighted by Gasteiger charge is -2.39. The molecule has 0 aromatic carbocycles. The van der Waals surface area contributed by atoms with Crippen molar-refractivity contribution in [3.05, 3.63) is 0 Å². The van der Waals surface area contributed by atoms with Gasteiger partial charge in [0.05, 0.1) is 36.8 Å². The van der Waals surface area contributed by atoms with Crippen LogP contribution in [0.25, 0.3) is 0 Å². The zero-order chi connectivity index (χ0) is 29.0. The Bertz CT molecular complexity index is 792. The van der Waals surface area contributed by atoms with E-state index in [1.54, 1.807) is 21.3 Å². The number of ether oxygens (including phenoxy) is 6. The fourth-order valence-electron chi connectivity index (χ4n) is 7.03. The highest BCUT2D eigenvalue weighted by Crippen LogP contribution is 2.32. The largest absolute Gasteiger partial charge is 0.465 e. The SMILES string of the molecule is COC1CCC(C(=O)OC2CCCOC3CC(CC(OC)C3OC)C(=O)OCCCN3CCCN(CC2)CC3)CC1. The standard InChI is InChI=1S/C31H54N2O8/c1-36-25-10-8-23(9-11-25)31(35)41-26-7-4-19-39-28-22-24(21-27(37-2)29(28)38-3)30(34)40-20-6-15-32-13-5-14-33(16-12-26)18-17-32/h23-29H,4-22H2,1-3H3. The van der Waals surface area contributed by atoms with Gasteiger partial charge in [-0.25, -0.2) is 0 Å². The van der Waals surface area contributed by atoms with Crippen molar-refractivity contribution < 1.29 is 38.0 Å². The summed E-state index contributed by atoms with van der Waals surface area (Å²) in [5, 5.41) is 0. The Balaban J connectivity index is 1.40. The van der Waals surface area contributed by atoms with Gasteiger partial charge >= 0.3 is 11.9 Å². The highest BCUT2D eigenvalue weighted by Gasteiger charge is 2.42. The predicted molar refractivity (Wildman–Crippen MR) is 154 cm³/mol. The molecule has 2 saturated heterocycles. The van der Waals surface area contributed by atoms with Crippen molar-refractivity contribution in [2.45, 2.75) is 101 Å². The number of hydrogen-bond acceptors (Lipinski definition) is 10. The molecule has 2 heterocycles. The summed E-state index contributed by atoms with van der Waals surface area (Å²) in [6.07, 6.45) is 8.31. The quantitative estimate of drug-likeness (QED) is 0.450. The van der Waals surface area contributed by atoms with Gasteiger partial charge in [0.1, 0.15) is 12.2 Å². The Morgan fingerprint density at radius 1 is 0.732 bits per heavy atom. The van der Waals surface area contributed by atoms with E-state index < -0.39 is 0 Å². The minimum atomic E-state index is -0.271. The van der Waals surface area contributed by atoms with Crippen LogP contribution in [0.5, 0.6) is 0 Å². The highest BCUT2D eigenvalue weighted by atomic mass is 16.6. The molecule has 10 nitrogen and oxygen atoms in total. The van der Waals surface area contributed by atoms with E-state index in [1.807, 2.05) is 0 Å². The fourth-order valence-corrected chi connectivity index (χ4v) is 7.03. The second-order valence-corrected chi connectivity index (χ2v) is 12.3. The van der Waals surface area contributed by atoms with Crippen molar-refractivity contribution in [3.63, 3.8) is 0 Å². The number of hydrogen-bond donors (Lipinski definition) is 0. The van der Waals surface area contributed by atoms with Gasteiger partial charge in [-0.1, -0.05) is 0 Å². The molecule has 0 aromatic heterocycles. The monoisotopic (exact) mass is 582 g/mol. The van der Waals surface area contributed by atoms with E-state index in [9.17, 15) is 9.59 Å². The maximum absolute atomic E-state index is 13.2. The first kappa shape index (κ1) is 32.6. The summed E-state index contributed by atoms with van der Waals surface area (Å²) in [5.74, 6) is -0.524. The summed E-state index contributed by atoms with van der Waals surface area (Å²) in [6, 6.07) is 0. The van der Waals surface area contributed by atoms with Gasteiger partial charge in [0.25, 0.3) is 0 Å². The van der Waals surface area contributed by atoms with E-state index in [1.165, 1.54) is 0 Å². The van der Waals surface area contributed by atoms with E-state index >= 15 is 0 Å². The van der Waals surface area contributed by atoms with Crippen LogP contribution >= 0.6 is 0 Å². The summed E-state index contributed by atoms with van der Waals surface area (Å²) in [7, 11) is 5.08. The van der Waals surface area contributed by atoms with E-state index in [0.717, 1.165) is 97.1 Å². The topological polar surface area (TPSA) is 96.0 Å². The van der Waals surface area contributed by atoms with Gasteiger partial charge in [-0.2, -0.15) is 0 Å². The zero-order valence-electron chi connectivity index (χ0n) is 25.6. The first-order chi connectivity index (χ1) is 20.0. The van der Waals surface area contributed by atoms with Crippen molar-refractivity contribution in [1.82, 2.24) is 9.80 Å². The summed E-state index contributed by atoms with van der Waals surface area (Å²) < 4.78 is 35.2. The Hall–Kier alpha value is -1.30. The first-order valence-electron chi connectivity index (χ1n) is 16.0. The molecule has 41 heavy (non-hydrogen) atoms. The van der Waals surface area contributed by atoms with Crippen LogP contribution in [-0.2, 0) is 38.0 Å². The van der Waals surface area contributed by atoms with Crippen LogP contribution in [-0.4, -0.2) is 126 Å². The van der Waals surface area contributed by atoms with E-state index in [2.05, 4.69) is 9.80 Å². The molecular weight excluding hydrogens is 528 g/mol. The normalized spacial score (nSPS) is 38.5. The lowest BCUT2D eigenvalue weighted by molar-refractivity contribution is -0.172. The smallest absolute Gasteiger partial charge is 0.309 e. The molecule has 2 aliphatic heterocycles. The van der Waals surface area contributed by atoms with E-state index in [4.69, 9.17) is 28.4 Å². The van der Waals surface area contributed by atoms with Crippen LogP contribution in [0.15, 0.2) is 0 Å². The van der Waals surface area contributed by atoms with Gasteiger partial charge in [-0.15, -0.1) is 0 Å². The third-order valence-electron chi connectivity index (χ3n) is 9.61. The predicted octanol–water partition coefficient (Wildman–Crippen LogP) is 3.05. The van der Waals surface area contributed by atoms with Gasteiger partial charge in [0.2, 0.25) is 0 Å². The lowest BCUT2D eigenvalue weighted by atomic mass is 9.83. The highest BCUT2D eigenvalue weighted by molar-refractivity contribution is 5.73. The van der Waals surface area contributed by atoms with Crippen LogP contribution in [0, 0.1) is 11.8 Å². The summed E-state index contributed by atoms with van der Waals surface area (Å²) in [4.78, 5) is 31.2. The summed E-state index contributed by atoms with van der Waals surface area (Å²) in [6.45, 7) is 6.92. The third-order valence-corrected chi connectivity index (χ3v) is 9.61. The minimum Gasteiger partial charge on any atom is -0.465 e. The van der Waals surface area contributed by atoms with Crippen molar-refractivity contribution in [1.29, 1.82) is 0 Å². The Kier molecular flexibility index (Phi) is 13.6. The summed E-state index contributed by atoms with van der Waals surface area (Å²) >= 11 is 0. The Labute approximate surface area is 246 Å². The summed E-state index contributed by atoms with van der Waals surface area (Å²) in [5.41, 5.74) is 0. The molecular formula is C31H54N2O8. The minimum absolute atomic E-state index is 0.0336. The second kappa shape index (κ2) is 17.1. The maximum atomic E-state index is 13.2. The van der Waals surface area contributed by atoms with Crippen molar-refractivity contribution >= 4 is 11.9 Å². The van der Waals surface area contributed by atoms with Gasteiger partial charge in [-0.3, -0.25) is 9.59 Å². The van der Waals surface area contributed by atoms with Crippen LogP contribution in [0.4, 0.5) is 0 Å². The lowest BCUT2D eigenvalue weighted by Crippen LogP contribution is -2.49. The molecule has 0 N–H and O–H groups in total. The zero-order valence-corrected chi connectivity index (χ0v) is 25.6. The van der Waals surface area contributed by atoms with Crippen LogP contribution in [0.2, 0.25) is 0 Å². The average Bonchev–Trinajstić information content (AvgIpc) is 3.24. The van der Waals surface area contributed by atoms with Crippen molar-refractivity contribution in [3.8, 4) is 0 Å². The number of carbonyl (C=O) groups is 2. The number of fused-ring (bicyclic) bond motifs is 5. The molecule has 0 radical (unpaired) electrons. The molecule has 0 aromatic rings. The van der Waals surface area contributed by atoms with Gasteiger partial charge in [-0.05, 0) is 83.7 Å². The molecule has 10 heteroatoms. The third kappa shape index (κ3) is 9.86. The molecule has 4 fully saturated rings. The Morgan fingerprint density at radius 3 is 2.17 bits per heavy atom. The fraction of sp³-hybridized carbons (Fsp3) is 0.935. The molecule has 7 unspecified atom stereocenters. The molecule has 2 aliphatic carbocycles. The van der Waals surface area contributed by atoms with Crippen molar-refractivity contribution in [2.24, 2.45) is 11.8 Å². The van der Waals surface area contributed by atoms with Gasteiger partial charge in [0, 0.05) is 54.1 Å². The first-order valence-corrected chi connectivity index (χ1v) is 16.0. The van der Waals surface area contributed by atoms with E-state index in [0.29, 0.717) is 26.1 Å². The number of cyclic esters (lactones) is 1. The number of carbonyl (C=O) groups excluding carboxylic acids is 2. The molecule has 0 spiro atoms. The number of esters is 2. The number of methoxy groups -OCH3 is 3. The average molecular weight is 583 g/mol. The maximum Gasteiger partial charge on any atom is 0.309 e. The number of nitrogens with zero attached hydrogens (tertiary/aromatic N) is 2. The number of rotatable bonds is 5. The second-order valence-electron chi connectivity index (χ2n) is 12.3. The molecule has 236 valence electrons.